The van der Waals surface area contributed by atoms with Crippen molar-refractivity contribution < 1.29 is 0 Å². The maximum absolute atomic E-state index is 5.96. The number of hydrogen-bond donors (Lipinski definition) is 0. The van der Waals surface area contributed by atoms with Gasteiger partial charge in [0.25, 0.3) is 0 Å². The zero-order valence-electron chi connectivity index (χ0n) is 11.5. The summed E-state index contributed by atoms with van der Waals surface area (Å²) in [6, 6.07) is 17.8. The van der Waals surface area contributed by atoms with Crippen molar-refractivity contribution in [3.63, 3.8) is 0 Å². The second-order valence-corrected chi connectivity index (χ2v) is 6.08. The van der Waals surface area contributed by atoms with Crippen molar-refractivity contribution in [2.24, 2.45) is 0 Å². The molecule has 1 heterocycles. The summed E-state index contributed by atoms with van der Waals surface area (Å²) >= 11 is 7.64. The van der Waals surface area contributed by atoms with Crippen molar-refractivity contribution in [1.29, 1.82) is 0 Å². The van der Waals surface area contributed by atoms with Gasteiger partial charge in [0.15, 0.2) is 11.0 Å². The molecule has 3 rings (SSSR count). The van der Waals surface area contributed by atoms with Crippen LogP contribution in [-0.4, -0.2) is 20.5 Å². The molecule has 0 saturated heterocycles. The van der Waals surface area contributed by atoms with E-state index in [-0.39, 0.29) is 0 Å². The molecule has 106 valence electrons. The van der Waals surface area contributed by atoms with Gasteiger partial charge in [-0.25, -0.2) is 0 Å². The van der Waals surface area contributed by atoms with Gasteiger partial charge >= 0.3 is 0 Å². The molecular weight excluding hydrogens is 302 g/mol. The van der Waals surface area contributed by atoms with E-state index in [1.165, 1.54) is 0 Å². The molecule has 0 bridgehead atoms. The number of thioether (sulfide) groups is 1. The van der Waals surface area contributed by atoms with Crippen LogP contribution >= 0.6 is 23.4 Å². The van der Waals surface area contributed by atoms with Crippen LogP contribution in [0.5, 0.6) is 0 Å². The third-order valence-electron chi connectivity index (χ3n) is 3.02. The Hall–Kier alpha value is -1.78. The Morgan fingerprint density at radius 3 is 2.38 bits per heavy atom. The van der Waals surface area contributed by atoms with Crippen LogP contribution in [0.4, 0.5) is 0 Å². The van der Waals surface area contributed by atoms with Crippen LogP contribution in [0.25, 0.3) is 17.1 Å². The first-order chi connectivity index (χ1) is 10.3. The molecule has 0 fully saturated rings. The highest BCUT2D eigenvalue weighted by atomic mass is 35.5. The van der Waals surface area contributed by atoms with E-state index in [9.17, 15) is 0 Å². The van der Waals surface area contributed by atoms with Crippen LogP contribution in [0.3, 0.4) is 0 Å². The molecule has 0 radical (unpaired) electrons. The summed E-state index contributed by atoms with van der Waals surface area (Å²) in [6.45, 7) is 2.11. The van der Waals surface area contributed by atoms with Crippen molar-refractivity contribution in [2.45, 2.75) is 12.1 Å². The zero-order chi connectivity index (χ0) is 14.7. The van der Waals surface area contributed by atoms with Crippen LogP contribution in [0.2, 0.25) is 5.02 Å². The first kappa shape index (κ1) is 14.2. The molecule has 0 saturated carbocycles. The number of rotatable bonds is 4. The molecule has 0 aliphatic heterocycles. The number of aromatic nitrogens is 3. The zero-order valence-corrected chi connectivity index (χ0v) is 13.1. The lowest BCUT2D eigenvalue weighted by molar-refractivity contribution is 0.887. The van der Waals surface area contributed by atoms with Gasteiger partial charge in [-0.15, -0.1) is 10.2 Å². The Morgan fingerprint density at radius 2 is 1.71 bits per heavy atom. The summed E-state index contributed by atoms with van der Waals surface area (Å²) in [5.41, 5.74) is 2.06. The van der Waals surface area contributed by atoms with E-state index < -0.39 is 0 Å². The molecule has 3 nitrogen and oxygen atoms in total. The quantitative estimate of drug-likeness (QED) is 0.654. The predicted octanol–water partition coefficient (Wildman–Crippen LogP) is 4.70. The van der Waals surface area contributed by atoms with Gasteiger partial charge in [-0.2, -0.15) is 0 Å². The second kappa shape index (κ2) is 6.33. The predicted molar refractivity (Wildman–Crippen MR) is 88.2 cm³/mol. The highest BCUT2D eigenvalue weighted by Crippen LogP contribution is 2.28. The van der Waals surface area contributed by atoms with Gasteiger partial charge in [-0.1, -0.05) is 48.5 Å². The Kier molecular flexibility index (Phi) is 4.27. The third-order valence-corrected chi connectivity index (χ3v) is 4.09. The van der Waals surface area contributed by atoms with E-state index in [1.807, 2.05) is 42.5 Å². The van der Waals surface area contributed by atoms with Gasteiger partial charge in [0.1, 0.15) is 0 Å². The normalized spacial score (nSPS) is 10.8. The van der Waals surface area contributed by atoms with Crippen molar-refractivity contribution >= 4 is 23.4 Å². The molecule has 0 aliphatic carbocycles. The van der Waals surface area contributed by atoms with Crippen LogP contribution in [0.1, 0.15) is 6.92 Å². The van der Waals surface area contributed by atoms with Crippen molar-refractivity contribution in [1.82, 2.24) is 14.8 Å². The fourth-order valence-electron chi connectivity index (χ4n) is 2.09. The highest BCUT2D eigenvalue weighted by molar-refractivity contribution is 7.99. The molecule has 0 amide bonds. The number of halogens is 1. The Labute approximate surface area is 133 Å². The average Bonchev–Trinajstić information content (AvgIpc) is 2.93. The van der Waals surface area contributed by atoms with Crippen LogP contribution in [-0.2, 0) is 0 Å². The van der Waals surface area contributed by atoms with E-state index in [4.69, 9.17) is 11.6 Å². The van der Waals surface area contributed by atoms with E-state index in [0.717, 1.165) is 28.0 Å². The lowest BCUT2D eigenvalue weighted by Gasteiger charge is -2.09. The topological polar surface area (TPSA) is 30.7 Å². The summed E-state index contributed by atoms with van der Waals surface area (Å²) < 4.78 is 2.08. The van der Waals surface area contributed by atoms with Gasteiger partial charge in [0.05, 0.1) is 0 Å². The summed E-state index contributed by atoms with van der Waals surface area (Å²) in [4.78, 5) is 0. The molecule has 3 aromatic rings. The van der Waals surface area contributed by atoms with Crippen molar-refractivity contribution in [3.8, 4) is 17.1 Å². The van der Waals surface area contributed by atoms with Gasteiger partial charge in [0.2, 0.25) is 0 Å². The fourth-order valence-corrected chi connectivity index (χ4v) is 2.89. The van der Waals surface area contributed by atoms with Gasteiger partial charge in [-0.05, 0) is 42.2 Å². The minimum atomic E-state index is 0.715. The average molecular weight is 316 g/mol. The van der Waals surface area contributed by atoms with Crippen LogP contribution in [0.15, 0.2) is 59.8 Å². The summed E-state index contributed by atoms with van der Waals surface area (Å²) in [6.07, 6.45) is 0. The first-order valence-electron chi connectivity index (χ1n) is 6.69. The molecule has 21 heavy (non-hydrogen) atoms. The monoisotopic (exact) mass is 315 g/mol. The maximum Gasteiger partial charge on any atom is 0.196 e. The molecule has 0 atom stereocenters. The number of para-hydroxylation sites is 1. The minimum Gasteiger partial charge on any atom is -0.270 e. The molecule has 0 spiro atoms. The van der Waals surface area contributed by atoms with E-state index in [0.29, 0.717) is 5.02 Å². The van der Waals surface area contributed by atoms with Crippen molar-refractivity contribution in [2.75, 3.05) is 5.75 Å². The fraction of sp³-hybridized carbons (Fsp3) is 0.125. The minimum absolute atomic E-state index is 0.715. The molecule has 0 aliphatic rings. The Bertz CT molecular complexity index is 723. The van der Waals surface area contributed by atoms with E-state index >= 15 is 0 Å². The number of benzene rings is 2. The largest absolute Gasteiger partial charge is 0.270 e. The summed E-state index contributed by atoms with van der Waals surface area (Å²) in [5, 5.41) is 10.3. The molecule has 0 unspecified atom stereocenters. The highest BCUT2D eigenvalue weighted by Gasteiger charge is 2.15. The maximum atomic E-state index is 5.96. The van der Waals surface area contributed by atoms with E-state index in [2.05, 4.69) is 33.8 Å². The smallest absolute Gasteiger partial charge is 0.196 e. The number of hydrogen-bond acceptors (Lipinski definition) is 3. The Morgan fingerprint density at radius 1 is 1.00 bits per heavy atom. The Balaban J connectivity index is 2.15. The lowest BCUT2D eigenvalue weighted by Crippen LogP contribution is -1.99. The summed E-state index contributed by atoms with van der Waals surface area (Å²) in [5.74, 6) is 1.78. The van der Waals surface area contributed by atoms with Gasteiger partial charge < -0.3 is 0 Å². The van der Waals surface area contributed by atoms with Gasteiger partial charge in [-0.3, -0.25) is 4.57 Å². The third kappa shape index (κ3) is 2.96. The lowest BCUT2D eigenvalue weighted by atomic mass is 10.2. The second-order valence-electron chi connectivity index (χ2n) is 4.42. The first-order valence-corrected chi connectivity index (χ1v) is 8.05. The molecule has 1 aromatic heterocycles. The molecule has 5 heteroatoms. The summed E-state index contributed by atoms with van der Waals surface area (Å²) in [7, 11) is 0. The van der Waals surface area contributed by atoms with Crippen LogP contribution in [0, 0.1) is 0 Å². The standard InChI is InChI=1S/C16H14ClN3S/c1-2-21-16-19-18-15(12-8-10-13(17)11-9-12)20(16)14-6-4-3-5-7-14/h3-11H,2H2,1H3. The van der Waals surface area contributed by atoms with Crippen LogP contribution < -0.4 is 0 Å². The van der Waals surface area contributed by atoms with Crippen molar-refractivity contribution in [3.05, 3.63) is 59.6 Å². The van der Waals surface area contributed by atoms with E-state index in [1.54, 1.807) is 11.8 Å². The SMILES string of the molecule is CCSc1nnc(-c2ccc(Cl)cc2)n1-c1ccccc1. The molecule has 2 aromatic carbocycles. The molecular formula is C16H14ClN3S. The number of nitrogens with zero attached hydrogens (tertiary/aromatic N) is 3. The molecule has 0 N–H and O–H groups in total. The van der Waals surface area contributed by atoms with Gasteiger partial charge in [0, 0.05) is 16.3 Å².